The van der Waals surface area contributed by atoms with E-state index in [1.165, 1.54) is 52.0 Å². The molecule has 1 aliphatic heterocycles. The van der Waals surface area contributed by atoms with Gasteiger partial charge in [-0.3, -0.25) is 28.8 Å². The van der Waals surface area contributed by atoms with E-state index in [2.05, 4.69) is 0 Å². The van der Waals surface area contributed by atoms with Crippen molar-refractivity contribution in [3.8, 4) is 5.75 Å². The van der Waals surface area contributed by atoms with E-state index in [-0.39, 0.29) is 48.2 Å². The van der Waals surface area contributed by atoms with Crippen molar-refractivity contribution in [2.45, 2.75) is 70.1 Å². The van der Waals surface area contributed by atoms with Gasteiger partial charge in [0.15, 0.2) is 33.3 Å². The Balaban J connectivity index is 1.59. The van der Waals surface area contributed by atoms with Crippen LogP contribution in [0.4, 0.5) is 0 Å². The van der Waals surface area contributed by atoms with Gasteiger partial charge in [-0.1, -0.05) is 6.07 Å². The number of Topliss-reactive ketones (excluding diaryl/α,β-unsaturated/α-hetero) is 1. The summed E-state index contributed by atoms with van der Waals surface area (Å²) in [5.41, 5.74) is -9.90. The molecular formula is C36H30O13. The summed E-state index contributed by atoms with van der Waals surface area (Å²) in [6.45, 7) is 6.71. The van der Waals surface area contributed by atoms with Crippen molar-refractivity contribution in [2.24, 2.45) is 5.92 Å². The first-order chi connectivity index (χ1) is 22.8. The van der Waals surface area contributed by atoms with Crippen molar-refractivity contribution in [1.82, 2.24) is 0 Å². The molecule has 5 N–H and O–H groups in total. The number of carbonyl (C=O) groups is 2. The maximum absolute atomic E-state index is 14.0. The van der Waals surface area contributed by atoms with Crippen molar-refractivity contribution in [3.63, 3.8) is 0 Å². The average molecular weight is 671 g/mol. The molecule has 252 valence electrons. The van der Waals surface area contributed by atoms with Gasteiger partial charge in [-0.15, -0.1) is 0 Å². The number of hydrogen-bond donors (Lipinski definition) is 5. The van der Waals surface area contributed by atoms with Crippen LogP contribution in [0.3, 0.4) is 0 Å². The number of aryl methyl sites for hydroxylation is 1. The minimum Gasteiger partial charge on any atom is -0.512 e. The summed E-state index contributed by atoms with van der Waals surface area (Å²) in [5, 5.41) is 54.2. The molecule has 6 atom stereocenters. The highest BCUT2D eigenvalue weighted by atomic mass is 16.7. The summed E-state index contributed by atoms with van der Waals surface area (Å²) in [6, 6.07) is 5.90. The highest BCUT2D eigenvalue weighted by Crippen LogP contribution is 2.70. The van der Waals surface area contributed by atoms with Gasteiger partial charge in [0.1, 0.15) is 23.7 Å². The number of aromatic hydroxyl groups is 1. The zero-order valence-electron chi connectivity index (χ0n) is 26.8. The van der Waals surface area contributed by atoms with E-state index in [1.54, 1.807) is 0 Å². The Morgan fingerprint density at radius 2 is 1.49 bits per heavy atom. The van der Waals surface area contributed by atoms with Crippen LogP contribution >= 0.6 is 0 Å². The predicted molar refractivity (Wildman–Crippen MR) is 168 cm³/mol. The number of fused-ring (bicyclic) bond motifs is 1. The number of carbonyl (C=O) groups excluding carboxylic acids is 2. The van der Waals surface area contributed by atoms with Crippen LogP contribution in [0.1, 0.15) is 51.3 Å². The molecule has 49 heavy (non-hydrogen) atoms. The molecular weight excluding hydrogens is 640 g/mol. The first kappa shape index (κ1) is 32.3. The van der Waals surface area contributed by atoms with Gasteiger partial charge in [-0.25, -0.2) is 0 Å². The topological polar surface area (TPSA) is 225 Å². The summed E-state index contributed by atoms with van der Waals surface area (Å²) in [4.78, 5) is 79.8. The highest BCUT2D eigenvalue weighted by molar-refractivity contribution is 5.99. The number of esters is 1. The lowest BCUT2D eigenvalue weighted by Crippen LogP contribution is -2.64. The average Bonchev–Trinajstić information content (AvgIpc) is 3.70. The van der Waals surface area contributed by atoms with Gasteiger partial charge in [-0.05, 0) is 57.5 Å². The van der Waals surface area contributed by atoms with Gasteiger partial charge in [0.05, 0.1) is 27.7 Å². The van der Waals surface area contributed by atoms with Crippen molar-refractivity contribution in [1.29, 1.82) is 0 Å². The van der Waals surface area contributed by atoms with E-state index in [0.717, 1.165) is 13.0 Å². The number of ketones is 1. The first-order valence-electron chi connectivity index (χ1n) is 15.4. The summed E-state index contributed by atoms with van der Waals surface area (Å²) >= 11 is 0. The van der Waals surface area contributed by atoms with Crippen LogP contribution in [0.5, 0.6) is 5.75 Å². The number of aliphatic hydroxyl groups is 4. The third kappa shape index (κ3) is 3.80. The molecule has 13 nitrogen and oxygen atoms in total. The molecule has 1 aromatic carbocycles. The van der Waals surface area contributed by atoms with Crippen molar-refractivity contribution in [2.75, 3.05) is 0 Å². The Labute approximate surface area is 273 Å². The van der Waals surface area contributed by atoms with Crippen LogP contribution in [-0.4, -0.2) is 60.2 Å². The molecule has 0 unspecified atom stereocenters. The number of phenols is 1. The van der Waals surface area contributed by atoms with Gasteiger partial charge >= 0.3 is 5.97 Å². The Bertz CT molecular complexity index is 2810. The second-order valence-corrected chi connectivity index (χ2v) is 13.4. The number of rotatable bonds is 2. The number of epoxide rings is 1. The molecule has 13 heteroatoms. The maximum Gasteiger partial charge on any atom is 0.302 e. The Morgan fingerprint density at radius 3 is 2.12 bits per heavy atom. The molecule has 2 fully saturated rings. The van der Waals surface area contributed by atoms with Crippen molar-refractivity contribution >= 4 is 23.3 Å². The molecule has 1 heterocycles. The van der Waals surface area contributed by atoms with Gasteiger partial charge in [-0.2, -0.15) is 0 Å². The minimum absolute atomic E-state index is 0.00788. The zero-order valence-corrected chi connectivity index (χ0v) is 26.8. The molecule has 0 aromatic heterocycles. The Hall–Kier alpha value is -5.24. The van der Waals surface area contributed by atoms with Crippen molar-refractivity contribution < 1.29 is 44.6 Å². The first-order valence-corrected chi connectivity index (χ1v) is 15.4. The number of hydrogen-bond acceptors (Lipinski definition) is 13. The molecule has 6 aliphatic rings. The van der Waals surface area contributed by atoms with E-state index in [9.17, 15) is 54.3 Å². The third-order valence-corrected chi connectivity index (χ3v) is 10.4. The minimum atomic E-state index is -2.19. The van der Waals surface area contributed by atoms with E-state index in [0.29, 0.717) is 0 Å². The lowest BCUT2D eigenvalue weighted by molar-refractivity contribution is -0.162. The fourth-order valence-corrected chi connectivity index (χ4v) is 8.63. The highest BCUT2D eigenvalue weighted by Gasteiger charge is 2.89. The van der Waals surface area contributed by atoms with Gasteiger partial charge in [0.2, 0.25) is 5.43 Å². The van der Waals surface area contributed by atoms with Crippen LogP contribution in [0.25, 0.3) is 11.5 Å². The summed E-state index contributed by atoms with van der Waals surface area (Å²) in [6.07, 6.45) is -3.61. The molecule has 7 rings (SSSR count). The van der Waals surface area contributed by atoms with Crippen LogP contribution in [0.15, 0.2) is 49.5 Å². The van der Waals surface area contributed by atoms with Crippen LogP contribution in [0.2, 0.25) is 0 Å². The lowest BCUT2D eigenvalue weighted by Gasteiger charge is -2.46. The largest absolute Gasteiger partial charge is 0.512 e. The SMILES string of the molecule is CC(=O)O[C@H](C)[C@H]1[C@@](C)(O)CC(=O)[C@]23O[C@]12C(O)=c1ccc(=c2ccc4c(=O)c5c(=C(C)O)c(C)cc(=O)c=5c(=O)c=4c2=O)c(O)c1[C@H]3O. The van der Waals surface area contributed by atoms with Crippen molar-refractivity contribution in [3.05, 3.63) is 124 Å². The number of ether oxygens (including phenoxy) is 2. The zero-order chi connectivity index (χ0) is 35.9. The Morgan fingerprint density at radius 1 is 0.898 bits per heavy atom. The lowest BCUT2D eigenvalue weighted by atomic mass is 9.58. The maximum atomic E-state index is 14.0. The second kappa shape index (κ2) is 9.91. The quantitative estimate of drug-likeness (QED) is 0.127. The van der Waals surface area contributed by atoms with E-state index >= 15 is 0 Å². The van der Waals surface area contributed by atoms with Crippen LogP contribution in [0, 0.1) is 44.2 Å². The summed E-state index contributed by atoms with van der Waals surface area (Å²) in [5.74, 6) is -4.41. The molecule has 1 aromatic rings. The number of aliphatic hydroxyl groups excluding tert-OH is 3. The van der Waals surface area contributed by atoms with E-state index in [4.69, 9.17) is 9.47 Å². The van der Waals surface area contributed by atoms with E-state index in [1.807, 2.05) is 0 Å². The van der Waals surface area contributed by atoms with E-state index < -0.39 is 96.8 Å². The van der Waals surface area contributed by atoms with Gasteiger partial charge in [0.25, 0.3) is 0 Å². The number of phenolic OH excluding ortho intramolecular Hbond substituents is 1. The smallest absolute Gasteiger partial charge is 0.302 e. The second-order valence-electron chi connectivity index (χ2n) is 13.4. The predicted octanol–water partition coefficient (Wildman–Crippen LogP) is -1.05. The van der Waals surface area contributed by atoms with Crippen LogP contribution in [-0.2, 0) is 19.1 Å². The molecule has 1 saturated carbocycles. The van der Waals surface area contributed by atoms with Gasteiger partial charge in [0, 0.05) is 50.2 Å². The Kier molecular flexibility index (Phi) is 6.53. The fraction of sp³-hybridized carbons (Fsp3) is 0.333. The molecule has 1 saturated heterocycles. The summed E-state index contributed by atoms with van der Waals surface area (Å²) in [7, 11) is 0. The summed E-state index contributed by atoms with van der Waals surface area (Å²) < 4.78 is 11.3. The van der Waals surface area contributed by atoms with Crippen LogP contribution < -0.4 is 32.2 Å². The molecule has 0 amide bonds. The monoisotopic (exact) mass is 670 g/mol. The standard InChI is InChI=1S/C36H30O13/c1-12-10-20(39)25-26(22(12)13(2)37)29(43)18-8-6-16(27(41)23(18)30(25)44)17-7-9-19-24(28(17)42)33(46)35-21(40)11-34(5,47)31(14(3)48-15(4)38)36(35,49-35)32(19)45/h6-10,14,31,33,37,42,45-47H,11H2,1-5H3/t14-,31+,33-,34+,35-,36+/m1/s1. The normalized spacial score (nSPS) is 29.2. The molecule has 5 aliphatic carbocycles. The van der Waals surface area contributed by atoms with Gasteiger partial charge < -0.3 is 35.0 Å². The molecule has 0 radical (unpaired) electrons. The molecule has 0 bridgehead atoms. The fourth-order valence-electron chi connectivity index (χ4n) is 8.63. The third-order valence-electron chi connectivity index (χ3n) is 10.4. The number of benzene rings is 1. The molecule has 0 spiro atoms.